The Morgan fingerprint density at radius 3 is 1.25 bits per heavy atom. The van der Waals surface area contributed by atoms with E-state index in [2.05, 4.69) is 18.3 Å². The second-order valence-electron chi connectivity index (χ2n) is 5.35. The summed E-state index contributed by atoms with van der Waals surface area (Å²) < 4.78 is 33.7. The molecule has 8 nitrogen and oxygen atoms in total. The number of rotatable bonds is 3. The molecule has 3 heterocycles. The van der Waals surface area contributed by atoms with E-state index in [0.29, 0.717) is 51.7 Å². The highest BCUT2D eigenvalue weighted by Gasteiger charge is 2.38. The zero-order chi connectivity index (χ0) is 17.9. The fraction of sp³-hybridized carbons (Fsp3) is 1.00. The van der Waals surface area contributed by atoms with Crippen LogP contribution in [0.4, 0.5) is 0 Å². The molecular formula is C12H28ClN2O6P3. The summed E-state index contributed by atoms with van der Waals surface area (Å²) in [7, 11) is -2.89. The van der Waals surface area contributed by atoms with Gasteiger partial charge in [0.15, 0.2) is 0 Å². The molecular weight excluding hydrogens is 397 g/mol. The SMILES string of the molecule is CC(C)N.CC(C)N(P1OCCO1)P1OCCO1.ClP1OCCO1. The van der Waals surface area contributed by atoms with Crippen molar-refractivity contribution in [1.29, 1.82) is 0 Å². The molecule has 0 aromatic carbocycles. The summed E-state index contributed by atoms with van der Waals surface area (Å²) in [5.41, 5.74) is 5.11. The number of hydrogen-bond donors (Lipinski definition) is 1. The number of nitrogens with two attached hydrogens (primary N) is 1. The summed E-state index contributed by atoms with van der Waals surface area (Å²) in [4.78, 5) is 0. The second kappa shape index (κ2) is 13.4. The van der Waals surface area contributed by atoms with Crippen LogP contribution in [0.1, 0.15) is 27.7 Å². The molecule has 144 valence electrons. The third-order valence-corrected chi connectivity index (χ3v) is 7.68. The molecule has 0 spiro atoms. The number of hydrogen-bond acceptors (Lipinski definition) is 8. The molecule has 2 N–H and O–H groups in total. The van der Waals surface area contributed by atoms with Crippen LogP contribution in [0.3, 0.4) is 0 Å². The van der Waals surface area contributed by atoms with Crippen molar-refractivity contribution in [1.82, 2.24) is 4.44 Å². The van der Waals surface area contributed by atoms with Gasteiger partial charge in [-0.1, -0.05) is 13.8 Å². The van der Waals surface area contributed by atoms with Crippen molar-refractivity contribution in [3.05, 3.63) is 0 Å². The highest BCUT2D eigenvalue weighted by Crippen LogP contribution is 2.62. The minimum Gasteiger partial charge on any atom is -0.328 e. The Labute approximate surface area is 153 Å². The van der Waals surface area contributed by atoms with Gasteiger partial charge in [0, 0.05) is 6.04 Å². The van der Waals surface area contributed by atoms with Crippen LogP contribution in [-0.4, -0.2) is 56.2 Å². The van der Waals surface area contributed by atoms with Crippen LogP contribution in [0.15, 0.2) is 0 Å². The average molecular weight is 425 g/mol. The predicted molar refractivity (Wildman–Crippen MR) is 98.6 cm³/mol. The molecule has 3 saturated heterocycles. The van der Waals surface area contributed by atoms with Crippen molar-refractivity contribution in [3.63, 3.8) is 0 Å². The molecule has 0 aromatic rings. The normalized spacial score (nSPS) is 22.9. The van der Waals surface area contributed by atoms with E-state index in [1.165, 1.54) is 0 Å². The first-order chi connectivity index (χ1) is 11.4. The molecule has 12 heteroatoms. The molecule has 0 bridgehead atoms. The van der Waals surface area contributed by atoms with Gasteiger partial charge in [-0.2, -0.15) is 4.44 Å². The maximum Gasteiger partial charge on any atom is 0.276 e. The summed E-state index contributed by atoms with van der Waals surface area (Å²) in [6.07, 6.45) is 0. The molecule has 3 rings (SSSR count). The Morgan fingerprint density at radius 1 is 0.750 bits per heavy atom. The van der Waals surface area contributed by atoms with Crippen molar-refractivity contribution in [3.8, 4) is 0 Å². The Kier molecular flexibility index (Phi) is 13.0. The third kappa shape index (κ3) is 9.82. The van der Waals surface area contributed by atoms with Crippen molar-refractivity contribution >= 4 is 36.0 Å². The van der Waals surface area contributed by atoms with E-state index in [0.717, 1.165) is 0 Å². The zero-order valence-corrected chi connectivity index (χ0v) is 18.0. The van der Waals surface area contributed by atoms with Crippen LogP contribution in [0.25, 0.3) is 0 Å². The highest BCUT2D eigenvalue weighted by molar-refractivity contribution is 7.76. The van der Waals surface area contributed by atoms with Crippen molar-refractivity contribution in [2.75, 3.05) is 39.6 Å². The first-order valence-corrected chi connectivity index (χ1v) is 12.1. The molecule has 0 radical (unpaired) electrons. The molecule has 0 aliphatic carbocycles. The maximum atomic E-state index is 5.51. The highest BCUT2D eigenvalue weighted by atomic mass is 35.7. The van der Waals surface area contributed by atoms with Crippen LogP contribution < -0.4 is 5.73 Å². The van der Waals surface area contributed by atoms with Crippen LogP contribution in [0.5, 0.6) is 0 Å². The molecule has 0 unspecified atom stereocenters. The first-order valence-electron chi connectivity index (χ1n) is 7.80. The average Bonchev–Trinajstić information content (AvgIpc) is 3.21. The first kappa shape index (κ1) is 23.3. The van der Waals surface area contributed by atoms with E-state index < -0.39 is 24.8 Å². The van der Waals surface area contributed by atoms with Gasteiger partial charge in [0.25, 0.3) is 24.8 Å². The van der Waals surface area contributed by atoms with Crippen molar-refractivity contribution in [2.24, 2.45) is 5.73 Å². The summed E-state index contributed by atoms with van der Waals surface area (Å²) in [6, 6.07) is 0.656. The lowest BCUT2D eigenvalue weighted by atomic mass is 10.4. The van der Waals surface area contributed by atoms with E-state index in [1.807, 2.05) is 13.8 Å². The van der Waals surface area contributed by atoms with Crippen molar-refractivity contribution < 1.29 is 27.1 Å². The Balaban J connectivity index is 0.000000238. The Bertz CT molecular complexity index is 298. The second-order valence-corrected chi connectivity index (χ2v) is 10.3. The summed E-state index contributed by atoms with van der Waals surface area (Å²) >= 11 is 5.33. The van der Waals surface area contributed by atoms with E-state index >= 15 is 0 Å². The Hall–Kier alpha value is 1.26. The lowest BCUT2D eigenvalue weighted by molar-refractivity contribution is 0.323. The smallest absolute Gasteiger partial charge is 0.276 e. The lowest BCUT2D eigenvalue weighted by Crippen LogP contribution is -2.21. The predicted octanol–water partition coefficient (Wildman–Crippen LogP) is 4.10. The van der Waals surface area contributed by atoms with E-state index in [1.54, 1.807) is 0 Å². The van der Waals surface area contributed by atoms with Crippen LogP contribution >= 0.6 is 36.0 Å². The minimum atomic E-state index is -0.993. The standard InChI is InChI=1S/C7H15NO4P2.C3H9N.C2H4ClO2P/c1-7(2)8(13-9-3-4-10-13)14-11-5-6-12-14;1-3(2)4;3-6-4-1-2-5-6/h7H,3-6H2,1-2H3;3H,4H2,1-2H3;1-2H2. The maximum absolute atomic E-state index is 5.51. The monoisotopic (exact) mass is 424 g/mol. The minimum absolute atomic E-state index is 0.323. The van der Waals surface area contributed by atoms with Gasteiger partial charge in [0.2, 0.25) is 0 Å². The fourth-order valence-electron chi connectivity index (χ4n) is 1.46. The summed E-state index contributed by atoms with van der Waals surface area (Å²) in [5.74, 6) is 0. The van der Waals surface area contributed by atoms with Gasteiger partial charge >= 0.3 is 0 Å². The third-order valence-electron chi connectivity index (χ3n) is 2.24. The fourth-order valence-corrected chi connectivity index (χ4v) is 5.79. The van der Waals surface area contributed by atoms with Gasteiger partial charge in [-0.05, 0) is 31.1 Å². The number of nitrogens with zero attached hydrogens (tertiary/aromatic N) is 1. The van der Waals surface area contributed by atoms with Crippen molar-refractivity contribution in [2.45, 2.75) is 39.8 Å². The van der Waals surface area contributed by atoms with E-state index in [4.69, 9.17) is 44.1 Å². The van der Waals surface area contributed by atoms with E-state index in [-0.39, 0.29) is 0 Å². The zero-order valence-electron chi connectivity index (χ0n) is 14.6. The van der Waals surface area contributed by atoms with Gasteiger partial charge in [-0.25, -0.2) is 0 Å². The molecule has 3 aliphatic rings. The van der Waals surface area contributed by atoms with E-state index in [9.17, 15) is 0 Å². The van der Waals surface area contributed by atoms with Crippen LogP contribution in [-0.2, 0) is 27.1 Å². The summed E-state index contributed by atoms with van der Waals surface area (Å²) in [6.45, 7) is 12.1. The van der Waals surface area contributed by atoms with Gasteiger partial charge in [0.1, 0.15) is 0 Å². The topological polar surface area (TPSA) is 84.6 Å². The number of halogens is 1. The van der Waals surface area contributed by atoms with Gasteiger partial charge in [0.05, 0.1) is 39.6 Å². The lowest BCUT2D eigenvalue weighted by Gasteiger charge is -2.30. The molecule has 3 aliphatic heterocycles. The molecule has 3 fully saturated rings. The molecule has 0 aromatic heterocycles. The largest absolute Gasteiger partial charge is 0.328 e. The molecule has 24 heavy (non-hydrogen) atoms. The Morgan fingerprint density at radius 2 is 1.04 bits per heavy atom. The quantitative estimate of drug-likeness (QED) is 0.678. The summed E-state index contributed by atoms with van der Waals surface area (Å²) in [5, 5.41) is 0. The molecule has 0 amide bonds. The van der Waals surface area contributed by atoms with Gasteiger partial charge in [-0.3, -0.25) is 0 Å². The molecule has 0 atom stereocenters. The van der Waals surface area contributed by atoms with Gasteiger partial charge in [-0.15, -0.1) is 0 Å². The molecule has 0 saturated carbocycles. The van der Waals surface area contributed by atoms with Gasteiger partial charge < -0.3 is 32.9 Å². The van der Waals surface area contributed by atoms with Crippen LogP contribution in [0, 0.1) is 0 Å². The van der Waals surface area contributed by atoms with Crippen LogP contribution in [0.2, 0.25) is 0 Å².